The molecular weight excluding hydrogens is 496 g/mol. The molecule has 1 spiro atoms. The molecule has 202 valence electrons. The van der Waals surface area contributed by atoms with Gasteiger partial charge in [0.25, 0.3) is 5.91 Å². The molecule has 0 radical (unpaired) electrons. The molecule has 0 saturated carbocycles. The van der Waals surface area contributed by atoms with E-state index in [1.165, 1.54) is 4.58 Å². The van der Waals surface area contributed by atoms with Crippen molar-refractivity contribution < 1.29 is 33.9 Å². The van der Waals surface area contributed by atoms with Crippen molar-refractivity contribution in [1.82, 2.24) is 20.9 Å². The zero-order valence-corrected chi connectivity index (χ0v) is 21.0. The fraction of sp³-hybridized carbons (Fsp3) is 0.542. The van der Waals surface area contributed by atoms with Crippen molar-refractivity contribution >= 4 is 29.6 Å². The lowest BCUT2D eigenvalue weighted by molar-refractivity contribution is -0.623. The molecule has 3 unspecified atom stereocenters. The zero-order chi connectivity index (χ0) is 27.2. The number of fused-ring (bicyclic) bond motifs is 1. The lowest BCUT2D eigenvalue weighted by Crippen LogP contribution is -2.79. The molecule has 5 aliphatic heterocycles. The van der Waals surface area contributed by atoms with Crippen molar-refractivity contribution in [3.63, 3.8) is 0 Å². The summed E-state index contributed by atoms with van der Waals surface area (Å²) in [6.07, 6.45) is 0.219. The van der Waals surface area contributed by atoms with Crippen molar-refractivity contribution in [1.29, 1.82) is 0 Å². The Kier molecular flexibility index (Phi) is 5.01. The zero-order valence-electron chi connectivity index (χ0n) is 21.0. The summed E-state index contributed by atoms with van der Waals surface area (Å²) in [5.41, 5.74) is 11.5. The van der Waals surface area contributed by atoms with Crippen LogP contribution < -0.4 is 32.2 Å². The SMILES string of the molecule is CC1(C)COc2c(C(=O)NC3C[N+]4=C(N)N[C@@H](CN5C(=O)CCC5=O)C5N=C(N)NC54C3(O)O)cccc21. The highest BCUT2D eigenvalue weighted by atomic mass is 16.5. The highest BCUT2D eigenvalue weighted by Crippen LogP contribution is 2.43. The minimum absolute atomic E-state index is 0.0534. The summed E-state index contributed by atoms with van der Waals surface area (Å²) in [5, 5.41) is 31.9. The van der Waals surface area contributed by atoms with Crippen LogP contribution in [0.2, 0.25) is 0 Å². The molecule has 6 rings (SSSR count). The molecule has 38 heavy (non-hydrogen) atoms. The lowest BCUT2D eigenvalue weighted by Gasteiger charge is -2.44. The Morgan fingerprint density at radius 1 is 1.26 bits per heavy atom. The smallest absolute Gasteiger partial charge is 0.346 e. The fourth-order valence-corrected chi connectivity index (χ4v) is 6.30. The number of amides is 3. The predicted octanol–water partition coefficient (Wildman–Crippen LogP) is -3.42. The number of guanidine groups is 2. The summed E-state index contributed by atoms with van der Waals surface area (Å²) >= 11 is 0. The number of nitrogens with two attached hydrogens (primary N) is 2. The number of hydrogen-bond donors (Lipinski definition) is 7. The number of carbonyl (C=O) groups excluding carboxylic acids is 3. The fourth-order valence-electron chi connectivity index (χ4n) is 6.30. The van der Waals surface area contributed by atoms with Crippen LogP contribution >= 0.6 is 0 Å². The molecule has 2 saturated heterocycles. The number of para-hydroxylation sites is 1. The number of carbonyl (C=O) groups is 3. The minimum Gasteiger partial charge on any atom is -0.492 e. The summed E-state index contributed by atoms with van der Waals surface area (Å²) in [5.74, 6) is -3.39. The molecule has 0 aliphatic carbocycles. The number of hydrogen-bond acceptors (Lipinski definition) is 11. The Bertz CT molecular complexity index is 1320. The van der Waals surface area contributed by atoms with Gasteiger partial charge in [-0.15, -0.1) is 0 Å². The Labute approximate surface area is 217 Å². The number of nitrogens with zero attached hydrogens (tertiary/aromatic N) is 3. The third-order valence-electron chi connectivity index (χ3n) is 8.27. The summed E-state index contributed by atoms with van der Waals surface area (Å²) in [7, 11) is 0. The number of nitrogens with one attached hydrogen (secondary N) is 3. The van der Waals surface area contributed by atoms with Crippen molar-refractivity contribution in [2.45, 2.75) is 61.7 Å². The van der Waals surface area contributed by atoms with E-state index in [9.17, 15) is 24.6 Å². The minimum atomic E-state index is -2.62. The number of likely N-dealkylation sites (tertiary alicyclic amines) is 1. The molecule has 0 aromatic heterocycles. The van der Waals surface area contributed by atoms with Gasteiger partial charge in [-0.05, 0) is 6.07 Å². The standard InChI is InChI=1S/C24H30N8O6/c1-22(2)10-38-17-11(4-3-5-12(17)22)19(35)28-14-9-32-21(26)27-13(8-31-15(33)6-7-16(31)34)18-23(32,24(14,36)37)30-20(25)29-18/h3-5,13-14,18,36-37H,6-10H2,1-2H3,(H6,25,26,27,28,29,30,35)/p+1/t13-,14?,18?,23?/m0/s1. The van der Waals surface area contributed by atoms with E-state index in [1.54, 1.807) is 12.1 Å². The summed E-state index contributed by atoms with van der Waals surface area (Å²) in [6, 6.07) is 2.30. The van der Waals surface area contributed by atoms with Crippen molar-refractivity contribution in [2.75, 3.05) is 19.7 Å². The first-order valence-electron chi connectivity index (χ1n) is 12.5. The molecule has 1 aromatic carbocycles. The summed E-state index contributed by atoms with van der Waals surface area (Å²) < 4.78 is 7.30. The number of aliphatic imine (C=N–C) groups is 1. The molecule has 5 heterocycles. The van der Waals surface area contributed by atoms with Crippen LogP contribution in [0.4, 0.5) is 0 Å². The monoisotopic (exact) mass is 527 g/mol. The molecule has 9 N–H and O–H groups in total. The van der Waals surface area contributed by atoms with Crippen LogP contribution in [0.3, 0.4) is 0 Å². The van der Waals surface area contributed by atoms with Crippen LogP contribution in [0.25, 0.3) is 0 Å². The Morgan fingerprint density at radius 3 is 2.68 bits per heavy atom. The van der Waals surface area contributed by atoms with Gasteiger partial charge in [-0.25, -0.2) is 9.57 Å². The van der Waals surface area contributed by atoms with Crippen LogP contribution in [0, 0.1) is 0 Å². The third kappa shape index (κ3) is 3.16. The molecule has 14 heteroatoms. The lowest BCUT2D eigenvalue weighted by atomic mass is 9.84. The number of benzene rings is 1. The van der Waals surface area contributed by atoms with E-state index < -0.39 is 35.5 Å². The number of ether oxygens (including phenoxy) is 1. The molecule has 1 aromatic rings. The first-order chi connectivity index (χ1) is 17.9. The molecule has 4 atom stereocenters. The van der Waals surface area contributed by atoms with Crippen LogP contribution in [-0.2, 0) is 15.0 Å². The normalized spacial score (nSPS) is 32.2. The van der Waals surface area contributed by atoms with E-state index >= 15 is 0 Å². The quantitative estimate of drug-likeness (QED) is 0.117. The van der Waals surface area contributed by atoms with Gasteiger partial charge in [-0.1, -0.05) is 26.0 Å². The molecule has 14 nitrogen and oxygen atoms in total. The van der Waals surface area contributed by atoms with E-state index in [2.05, 4.69) is 20.9 Å². The highest BCUT2D eigenvalue weighted by molar-refractivity contribution is 6.02. The summed E-state index contributed by atoms with van der Waals surface area (Å²) in [4.78, 5) is 43.5. The molecule has 2 fully saturated rings. The average molecular weight is 528 g/mol. The van der Waals surface area contributed by atoms with Crippen LogP contribution in [0.15, 0.2) is 23.2 Å². The van der Waals surface area contributed by atoms with Gasteiger partial charge in [0, 0.05) is 23.8 Å². The van der Waals surface area contributed by atoms with Gasteiger partial charge in [0.15, 0.2) is 5.96 Å². The second kappa shape index (κ2) is 7.80. The van der Waals surface area contributed by atoms with Gasteiger partial charge >= 0.3 is 5.96 Å². The van der Waals surface area contributed by atoms with E-state index in [4.69, 9.17) is 16.2 Å². The van der Waals surface area contributed by atoms with E-state index in [0.29, 0.717) is 12.4 Å². The van der Waals surface area contributed by atoms with Gasteiger partial charge < -0.3 is 31.3 Å². The maximum absolute atomic E-state index is 13.4. The van der Waals surface area contributed by atoms with Crippen molar-refractivity contribution in [3.05, 3.63) is 29.3 Å². The molecule has 5 aliphatic rings. The van der Waals surface area contributed by atoms with Crippen LogP contribution in [-0.4, -0.2) is 98.6 Å². The highest BCUT2D eigenvalue weighted by Gasteiger charge is 2.75. The van der Waals surface area contributed by atoms with Gasteiger partial charge in [-0.2, -0.15) is 0 Å². The maximum Gasteiger partial charge on any atom is 0.346 e. The number of imide groups is 1. The second-order valence-electron chi connectivity index (χ2n) is 11.1. The van der Waals surface area contributed by atoms with Gasteiger partial charge in [0.1, 0.15) is 23.9 Å². The first-order valence-corrected chi connectivity index (χ1v) is 12.5. The number of aliphatic hydroxyl groups is 2. The molecule has 0 bridgehead atoms. The van der Waals surface area contributed by atoms with Crippen LogP contribution in [0.5, 0.6) is 5.75 Å². The van der Waals surface area contributed by atoms with E-state index in [0.717, 1.165) is 10.5 Å². The van der Waals surface area contributed by atoms with Crippen molar-refractivity contribution in [2.24, 2.45) is 16.5 Å². The largest absolute Gasteiger partial charge is 0.492 e. The summed E-state index contributed by atoms with van der Waals surface area (Å²) in [6.45, 7) is 4.26. The second-order valence-corrected chi connectivity index (χ2v) is 11.1. The third-order valence-corrected chi connectivity index (χ3v) is 8.27. The van der Waals surface area contributed by atoms with Gasteiger partial charge in [0.05, 0.1) is 25.3 Å². The Balaban J connectivity index is 1.32. The van der Waals surface area contributed by atoms with E-state index in [-0.39, 0.29) is 60.6 Å². The topological polar surface area (TPSA) is 208 Å². The Morgan fingerprint density at radius 2 is 1.97 bits per heavy atom. The Hall–Kier alpha value is -3.91. The average Bonchev–Trinajstić information content (AvgIpc) is 3.54. The molecular formula is C24H31N8O6+. The molecule has 3 amide bonds. The maximum atomic E-state index is 13.4. The first kappa shape index (κ1) is 24.4. The number of rotatable bonds is 4. The van der Waals surface area contributed by atoms with E-state index in [1.807, 2.05) is 19.9 Å². The predicted molar refractivity (Wildman–Crippen MR) is 132 cm³/mol. The van der Waals surface area contributed by atoms with Crippen molar-refractivity contribution in [3.8, 4) is 5.75 Å². The van der Waals surface area contributed by atoms with Crippen LogP contribution in [0.1, 0.15) is 42.6 Å². The van der Waals surface area contributed by atoms with Gasteiger partial charge in [0.2, 0.25) is 23.3 Å². The van der Waals surface area contributed by atoms with Gasteiger partial charge in [-0.3, -0.25) is 30.3 Å².